The first kappa shape index (κ1) is 17.2. The highest BCUT2D eigenvalue weighted by atomic mass is 32.2. The molecule has 0 aliphatic carbocycles. The Morgan fingerprint density at radius 1 is 1.25 bits per heavy atom. The van der Waals surface area contributed by atoms with Crippen LogP contribution in [0.25, 0.3) is 0 Å². The Morgan fingerprint density at radius 3 is 2.40 bits per heavy atom. The fourth-order valence-electron chi connectivity index (χ4n) is 1.73. The molecule has 1 atom stereocenters. The number of ether oxygens (including phenoxy) is 1. The molecule has 0 radical (unpaired) electrons. The number of halogens is 3. The Hall–Kier alpha value is -0.880. The minimum Gasteiger partial charge on any atom is -0.406 e. The second-order valence-electron chi connectivity index (χ2n) is 4.46. The van der Waals surface area contributed by atoms with Gasteiger partial charge in [0.25, 0.3) is 0 Å². The second-order valence-corrected chi connectivity index (χ2v) is 5.61. The largest absolute Gasteiger partial charge is 0.573 e. The zero-order valence-corrected chi connectivity index (χ0v) is 12.5. The van der Waals surface area contributed by atoms with Gasteiger partial charge in [-0.3, -0.25) is 0 Å². The molecule has 1 N–H and O–H groups in total. The molecular formula is C14H20F3NOS. The van der Waals surface area contributed by atoms with E-state index >= 15 is 0 Å². The lowest BCUT2D eigenvalue weighted by molar-refractivity contribution is -0.274. The topological polar surface area (TPSA) is 21.3 Å². The van der Waals surface area contributed by atoms with E-state index in [1.54, 1.807) is 12.1 Å². The summed E-state index contributed by atoms with van der Waals surface area (Å²) >= 11 is 1.88. The molecule has 0 aromatic heterocycles. The van der Waals surface area contributed by atoms with Crippen molar-refractivity contribution < 1.29 is 17.9 Å². The van der Waals surface area contributed by atoms with E-state index in [0.717, 1.165) is 29.9 Å². The van der Waals surface area contributed by atoms with Crippen LogP contribution >= 0.6 is 11.8 Å². The van der Waals surface area contributed by atoms with Gasteiger partial charge in [-0.1, -0.05) is 19.1 Å². The molecule has 0 amide bonds. The van der Waals surface area contributed by atoms with Gasteiger partial charge in [0.1, 0.15) is 5.75 Å². The molecule has 1 aromatic rings. The van der Waals surface area contributed by atoms with Crippen molar-refractivity contribution in [1.29, 1.82) is 0 Å². The van der Waals surface area contributed by atoms with Crippen molar-refractivity contribution >= 4 is 11.8 Å². The molecule has 0 saturated carbocycles. The van der Waals surface area contributed by atoms with Crippen LogP contribution in [-0.2, 0) is 6.42 Å². The van der Waals surface area contributed by atoms with E-state index in [-0.39, 0.29) is 5.75 Å². The summed E-state index contributed by atoms with van der Waals surface area (Å²) in [6, 6.07) is 6.39. The number of rotatable bonds is 8. The first-order valence-electron chi connectivity index (χ1n) is 6.54. The molecule has 0 saturated heterocycles. The van der Waals surface area contributed by atoms with Gasteiger partial charge in [-0.2, -0.15) is 11.8 Å². The quantitative estimate of drug-likeness (QED) is 0.737. The van der Waals surface area contributed by atoms with Crippen molar-refractivity contribution in [3.05, 3.63) is 29.8 Å². The molecular weight excluding hydrogens is 287 g/mol. The number of hydrogen-bond acceptors (Lipinski definition) is 3. The molecule has 0 heterocycles. The van der Waals surface area contributed by atoms with Crippen LogP contribution in [0.5, 0.6) is 5.75 Å². The van der Waals surface area contributed by atoms with E-state index in [0.29, 0.717) is 6.04 Å². The predicted octanol–water partition coefficient (Wildman–Crippen LogP) is 3.86. The Morgan fingerprint density at radius 2 is 1.90 bits per heavy atom. The van der Waals surface area contributed by atoms with Crippen molar-refractivity contribution in [2.45, 2.75) is 32.2 Å². The maximum Gasteiger partial charge on any atom is 0.573 e. The maximum absolute atomic E-state index is 12.0. The number of benzene rings is 1. The van der Waals surface area contributed by atoms with E-state index in [1.807, 2.05) is 18.8 Å². The highest BCUT2D eigenvalue weighted by molar-refractivity contribution is 7.99. The highest BCUT2D eigenvalue weighted by Crippen LogP contribution is 2.23. The summed E-state index contributed by atoms with van der Waals surface area (Å²) < 4.78 is 40.0. The standard InChI is InChI=1S/C14H20F3NOS/c1-3-8-20-10-12(18-2)9-11-4-6-13(7-5-11)19-14(15,16)17/h4-7,12,18H,3,8-10H2,1-2H3. The van der Waals surface area contributed by atoms with Gasteiger partial charge in [0.2, 0.25) is 0 Å². The molecule has 0 spiro atoms. The Kier molecular flexibility index (Phi) is 7.23. The average molecular weight is 307 g/mol. The third-order valence-electron chi connectivity index (χ3n) is 2.71. The van der Waals surface area contributed by atoms with Gasteiger partial charge in [0.05, 0.1) is 0 Å². The zero-order chi connectivity index (χ0) is 15.0. The average Bonchev–Trinajstić information content (AvgIpc) is 2.38. The number of alkyl halides is 3. The molecule has 1 unspecified atom stereocenters. The van der Waals surface area contributed by atoms with E-state index in [9.17, 15) is 13.2 Å². The normalized spacial score (nSPS) is 13.2. The summed E-state index contributed by atoms with van der Waals surface area (Å²) in [7, 11) is 1.90. The predicted molar refractivity (Wildman–Crippen MR) is 77.3 cm³/mol. The van der Waals surface area contributed by atoms with E-state index in [1.165, 1.54) is 12.1 Å². The third-order valence-corrected chi connectivity index (χ3v) is 4.05. The number of nitrogens with one attached hydrogen (secondary N) is 1. The molecule has 2 nitrogen and oxygen atoms in total. The van der Waals surface area contributed by atoms with E-state index in [4.69, 9.17) is 0 Å². The van der Waals surface area contributed by atoms with Gasteiger partial charge >= 0.3 is 6.36 Å². The molecule has 0 aliphatic heterocycles. The summed E-state index contributed by atoms with van der Waals surface area (Å²) in [6.45, 7) is 2.14. The zero-order valence-electron chi connectivity index (χ0n) is 11.7. The van der Waals surface area contributed by atoms with Crippen LogP contribution in [0.4, 0.5) is 13.2 Å². The van der Waals surface area contributed by atoms with Crippen molar-refractivity contribution in [3.63, 3.8) is 0 Å². The molecule has 1 rings (SSSR count). The van der Waals surface area contributed by atoms with Gasteiger partial charge in [-0.25, -0.2) is 0 Å². The molecule has 0 fully saturated rings. The van der Waals surface area contributed by atoms with Gasteiger partial charge in [0.15, 0.2) is 0 Å². The summed E-state index contributed by atoms with van der Waals surface area (Å²) in [6.07, 6.45) is -2.70. The van der Waals surface area contributed by atoms with Gasteiger partial charge < -0.3 is 10.1 Å². The number of likely N-dealkylation sites (N-methyl/N-ethyl adjacent to an activating group) is 1. The van der Waals surface area contributed by atoms with Gasteiger partial charge in [-0.05, 0) is 43.3 Å². The third kappa shape index (κ3) is 7.05. The van der Waals surface area contributed by atoms with E-state index in [2.05, 4.69) is 17.0 Å². The lowest BCUT2D eigenvalue weighted by Gasteiger charge is -2.16. The van der Waals surface area contributed by atoms with Gasteiger partial charge in [0, 0.05) is 11.8 Å². The van der Waals surface area contributed by atoms with E-state index < -0.39 is 6.36 Å². The fraction of sp³-hybridized carbons (Fsp3) is 0.571. The number of thioether (sulfide) groups is 1. The molecule has 0 bridgehead atoms. The molecule has 0 aliphatic rings. The minimum atomic E-state index is -4.63. The van der Waals surface area contributed by atoms with Crippen LogP contribution in [0, 0.1) is 0 Å². The van der Waals surface area contributed by atoms with Crippen LogP contribution in [0.2, 0.25) is 0 Å². The summed E-state index contributed by atoms with van der Waals surface area (Å²) in [5, 5.41) is 3.23. The Bertz CT molecular complexity index is 381. The highest BCUT2D eigenvalue weighted by Gasteiger charge is 2.30. The van der Waals surface area contributed by atoms with Crippen LogP contribution in [-0.4, -0.2) is 31.0 Å². The van der Waals surface area contributed by atoms with Gasteiger partial charge in [-0.15, -0.1) is 13.2 Å². The molecule has 114 valence electrons. The SMILES string of the molecule is CCCSCC(Cc1ccc(OC(F)(F)F)cc1)NC. The first-order chi connectivity index (χ1) is 9.44. The van der Waals surface area contributed by atoms with Crippen LogP contribution in [0.1, 0.15) is 18.9 Å². The van der Waals surface area contributed by atoms with Crippen molar-refractivity contribution in [1.82, 2.24) is 5.32 Å². The summed E-state index contributed by atoms with van der Waals surface area (Å²) in [4.78, 5) is 0. The number of hydrogen-bond donors (Lipinski definition) is 1. The Balaban J connectivity index is 2.50. The Labute approximate surface area is 122 Å². The molecule has 20 heavy (non-hydrogen) atoms. The van der Waals surface area contributed by atoms with Crippen LogP contribution in [0.15, 0.2) is 24.3 Å². The molecule has 6 heteroatoms. The first-order valence-corrected chi connectivity index (χ1v) is 7.69. The lowest BCUT2D eigenvalue weighted by Crippen LogP contribution is -2.30. The molecule has 1 aromatic carbocycles. The smallest absolute Gasteiger partial charge is 0.406 e. The van der Waals surface area contributed by atoms with Crippen molar-refractivity contribution in [2.24, 2.45) is 0 Å². The van der Waals surface area contributed by atoms with Crippen molar-refractivity contribution in [2.75, 3.05) is 18.6 Å². The second kappa shape index (κ2) is 8.42. The summed E-state index contributed by atoms with van der Waals surface area (Å²) in [5.74, 6) is 1.93. The van der Waals surface area contributed by atoms with Crippen molar-refractivity contribution in [3.8, 4) is 5.75 Å². The maximum atomic E-state index is 12.0. The van der Waals surface area contributed by atoms with Crippen LogP contribution < -0.4 is 10.1 Å². The monoisotopic (exact) mass is 307 g/mol. The summed E-state index contributed by atoms with van der Waals surface area (Å²) in [5.41, 5.74) is 0.996. The minimum absolute atomic E-state index is 0.178. The fourth-order valence-corrected chi connectivity index (χ4v) is 2.75. The lowest BCUT2D eigenvalue weighted by atomic mass is 10.1. The van der Waals surface area contributed by atoms with Crippen LogP contribution in [0.3, 0.4) is 0 Å².